The molecule has 0 aliphatic carbocycles. The molecule has 0 aliphatic heterocycles. The van der Waals surface area contributed by atoms with Crippen molar-refractivity contribution in [2.24, 2.45) is 11.5 Å². The van der Waals surface area contributed by atoms with E-state index in [2.05, 4.69) is 11.5 Å². The summed E-state index contributed by atoms with van der Waals surface area (Å²) in [6.45, 7) is 0. The minimum atomic E-state index is -4.67. The molecule has 9 nitrogen and oxygen atoms in total. The molecule has 8 N–H and O–H groups in total. The summed E-state index contributed by atoms with van der Waals surface area (Å²) in [5, 5.41) is 11.5. The van der Waals surface area contributed by atoms with Crippen LogP contribution in [-0.2, 0) is 15.2 Å². The van der Waals surface area contributed by atoms with Crippen LogP contribution in [0.3, 0.4) is 0 Å². The monoisotopic (exact) mass is 200 g/mol. The third-order valence-electron chi connectivity index (χ3n) is 0. The Morgan fingerprint density at radius 1 is 1.33 bits per heavy atom. The fourth-order valence-corrected chi connectivity index (χ4v) is 0. The van der Waals surface area contributed by atoms with Crippen molar-refractivity contribution in [2.75, 3.05) is 0 Å². The van der Waals surface area contributed by atoms with Crippen LogP contribution in [0.2, 0.25) is 0 Å². The highest BCUT2D eigenvalue weighted by Crippen LogP contribution is 1.59. The third-order valence-corrected chi connectivity index (χ3v) is 0. The topological polar surface area (TPSA) is 191 Å². The van der Waals surface area contributed by atoms with E-state index in [9.17, 15) is 0 Å². The Kier molecular flexibility index (Phi) is 13.4. The highest BCUT2D eigenvalue weighted by Gasteiger charge is 1.84. The first-order valence-corrected chi connectivity index (χ1v) is 3.38. The molecular formula is C2H8N4O5S. The van der Waals surface area contributed by atoms with Crippen molar-refractivity contribution in [2.45, 2.75) is 0 Å². The van der Waals surface area contributed by atoms with E-state index in [1.807, 2.05) is 0 Å². The van der Waals surface area contributed by atoms with E-state index in [4.69, 9.17) is 33.1 Å². The van der Waals surface area contributed by atoms with E-state index in [0.29, 0.717) is 0 Å². The van der Waals surface area contributed by atoms with Crippen LogP contribution in [-0.4, -0.2) is 29.6 Å². The van der Waals surface area contributed by atoms with E-state index in [1.54, 1.807) is 0 Å². The summed E-state index contributed by atoms with van der Waals surface area (Å²) >= 11 is 0. The van der Waals surface area contributed by atoms with Crippen LogP contribution in [0.4, 0.5) is 0 Å². The second kappa shape index (κ2) is 9.52. The summed E-state index contributed by atoms with van der Waals surface area (Å²) in [4.78, 5) is 8.35. The fraction of sp³-hybridized carbons (Fsp3) is 0. The van der Waals surface area contributed by atoms with E-state index in [1.165, 1.54) is 0 Å². The molecule has 0 fully saturated rings. The van der Waals surface area contributed by atoms with Gasteiger partial charge in [-0.1, -0.05) is 0 Å². The molecule has 0 aromatic carbocycles. The molecule has 0 bridgehead atoms. The molecule has 0 aromatic rings. The lowest BCUT2D eigenvalue weighted by Gasteiger charge is -1.69. The van der Waals surface area contributed by atoms with Gasteiger partial charge in [0.05, 0.1) is 0 Å². The number of rotatable bonds is 0. The van der Waals surface area contributed by atoms with Crippen LogP contribution in [0.5, 0.6) is 0 Å². The van der Waals surface area contributed by atoms with Gasteiger partial charge in [-0.3, -0.25) is 14.5 Å². The van der Waals surface area contributed by atoms with Crippen molar-refractivity contribution in [1.29, 1.82) is 10.8 Å². The van der Waals surface area contributed by atoms with E-state index >= 15 is 0 Å². The zero-order chi connectivity index (χ0) is 10.8. The van der Waals surface area contributed by atoms with E-state index in [0.717, 1.165) is 6.08 Å². The Balaban J connectivity index is -0.000000105. The predicted octanol–water partition coefficient (Wildman–Crippen LogP) is -1.91. The summed E-state index contributed by atoms with van der Waals surface area (Å²) in [6, 6.07) is 0. The van der Waals surface area contributed by atoms with Gasteiger partial charge in [0.15, 0.2) is 5.96 Å². The van der Waals surface area contributed by atoms with Crippen LogP contribution in [0, 0.1) is 10.8 Å². The second-order valence-corrected chi connectivity index (χ2v) is 1.90. The molecule has 0 saturated heterocycles. The van der Waals surface area contributed by atoms with Gasteiger partial charge in [0.1, 0.15) is 0 Å². The quantitative estimate of drug-likeness (QED) is 0.113. The molecule has 0 radical (unpaired) electrons. The fourth-order valence-electron chi connectivity index (χ4n) is 0. The molecule has 12 heavy (non-hydrogen) atoms. The maximum Gasteiger partial charge on any atom is 0.394 e. The van der Waals surface area contributed by atoms with Crippen LogP contribution in [0.1, 0.15) is 0 Å². The molecule has 10 heteroatoms. The Morgan fingerprint density at radius 2 is 1.33 bits per heavy atom. The number of isocyanates is 1. The first kappa shape index (κ1) is 16.9. The van der Waals surface area contributed by atoms with Crippen molar-refractivity contribution >= 4 is 22.4 Å². The number of guanidine groups is 1. The minimum Gasteiger partial charge on any atom is -0.370 e. The first-order valence-electron chi connectivity index (χ1n) is 1.98. The Morgan fingerprint density at radius 3 is 1.33 bits per heavy atom. The van der Waals surface area contributed by atoms with Crippen molar-refractivity contribution in [3.05, 3.63) is 0 Å². The summed E-state index contributed by atoms with van der Waals surface area (Å²) in [5.41, 5.74) is 8.94. The molecule has 0 aromatic heterocycles. The zero-order valence-electron chi connectivity index (χ0n) is 5.68. The second-order valence-electron chi connectivity index (χ2n) is 1.01. The maximum absolute atomic E-state index is 8.74. The lowest BCUT2D eigenvalue weighted by Crippen LogP contribution is -2.20. The highest BCUT2D eigenvalue weighted by atomic mass is 32.3. The van der Waals surface area contributed by atoms with Gasteiger partial charge in [-0.2, -0.15) is 8.42 Å². The highest BCUT2D eigenvalue weighted by molar-refractivity contribution is 7.79. The molecule has 0 rings (SSSR count). The van der Waals surface area contributed by atoms with E-state index < -0.39 is 10.4 Å². The van der Waals surface area contributed by atoms with Gasteiger partial charge in [-0.05, 0) is 0 Å². The van der Waals surface area contributed by atoms with Crippen LogP contribution in [0.15, 0.2) is 0 Å². The minimum absolute atomic E-state index is 0.333. The summed E-state index contributed by atoms with van der Waals surface area (Å²) in [6.07, 6.45) is 0.750. The number of hydrogen-bond acceptors (Lipinski definition) is 5. The standard InChI is InChI=1S/CH5N3.CHNO.H2O4S/c2-1(3)4;2-1-3;1-5(2,3)4/h(H5,2,3,4);2H;(H2,1,2,3,4). The lowest BCUT2D eigenvalue weighted by atomic mass is 11.1. The SMILES string of the molecule is N=C(N)N.N=C=O.O=S(=O)(O)O. The summed E-state index contributed by atoms with van der Waals surface area (Å²) < 4.78 is 31.6. The lowest BCUT2D eigenvalue weighted by molar-refractivity contribution is 0.381. The molecule has 0 saturated carbocycles. The normalized spacial score (nSPS) is 7.50. The molecular weight excluding hydrogens is 192 g/mol. The van der Waals surface area contributed by atoms with Gasteiger partial charge in [0.2, 0.25) is 6.08 Å². The predicted molar refractivity (Wildman–Crippen MR) is 38.7 cm³/mol. The molecule has 0 heterocycles. The molecule has 0 aliphatic rings. The van der Waals surface area contributed by atoms with Crippen molar-refractivity contribution < 1.29 is 22.3 Å². The zero-order valence-corrected chi connectivity index (χ0v) is 6.50. The third kappa shape index (κ3) is 220. The van der Waals surface area contributed by atoms with Crippen LogP contribution in [0.25, 0.3) is 0 Å². The number of nitrogens with one attached hydrogen (secondary N) is 2. The average Bonchev–Trinajstić information content (AvgIpc) is 1.56. The molecule has 0 amide bonds. The molecule has 0 atom stereocenters. The largest absolute Gasteiger partial charge is 0.394 e. The van der Waals surface area contributed by atoms with Gasteiger partial charge in [-0.25, -0.2) is 10.2 Å². The van der Waals surface area contributed by atoms with Gasteiger partial charge in [0, 0.05) is 0 Å². The molecule has 0 unspecified atom stereocenters. The number of hydrogen-bond donors (Lipinski definition) is 6. The molecule has 0 spiro atoms. The Labute approximate surface area is 68.0 Å². The van der Waals surface area contributed by atoms with Crippen molar-refractivity contribution in [3.63, 3.8) is 0 Å². The first-order chi connectivity index (χ1) is 5.15. The average molecular weight is 200 g/mol. The number of carbonyl (C=O) groups excluding carboxylic acids is 1. The van der Waals surface area contributed by atoms with Gasteiger partial charge in [0.25, 0.3) is 0 Å². The Hall–Kier alpha value is -1.48. The smallest absolute Gasteiger partial charge is 0.370 e. The van der Waals surface area contributed by atoms with Crippen molar-refractivity contribution in [3.8, 4) is 0 Å². The van der Waals surface area contributed by atoms with Gasteiger partial charge < -0.3 is 11.5 Å². The molecule has 72 valence electrons. The maximum atomic E-state index is 8.74. The van der Waals surface area contributed by atoms with Gasteiger partial charge in [-0.15, -0.1) is 0 Å². The Bertz CT molecular complexity index is 226. The van der Waals surface area contributed by atoms with Crippen LogP contribution < -0.4 is 11.5 Å². The van der Waals surface area contributed by atoms with Crippen molar-refractivity contribution in [1.82, 2.24) is 0 Å². The van der Waals surface area contributed by atoms with Gasteiger partial charge >= 0.3 is 10.4 Å². The van der Waals surface area contributed by atoms with Crippen LogP contribution >= 0.6 is 0 Å². The summed E-state index contributed by atoms with van der Waals surface area (Å²) in [5.74, 6) is -0.333. The summed E-state index contributed by atoms with van der Waals surface area (Å²) in [7, 11) is -4.67. The number of nitrogens with two attached hydrogens (primary N) is 2. The van der Waals surface area contributed by atoms with E-state index in [-0.39, 0.29) is 5.96 Å².